The van der Waals surface area contributed by atoms with Crippen LogP contribution in [-0.2, 0) is 0 Å². The number of pyridine rings is 1. The van der Waals surface area contributed by atoms with E-state index in [1.807, 2.05) is 18.3 Å². The van der Waals surface area contributed by atoms with E-state index in [0.717, 1.165) is 11.2 Å². The van der Waals surface area contributed by atoms with Gasteiger partial charge in [-0.2, -0.15) is 0 Å². The summed E-state index contributed by atoms with van der Waals surface area (Å²) >= 11 is 0. The molecule has 25 heavy (non-hydrogen) atoms. The van der Waals surface area contributed by atoms with Gasteiger partial charge in [0.1, 0.15) is 5.52 Å². The van der Waals surface area contributed by atoms with Crippen molar-refractivity contribution < 1.29 is 0 Å². The molecule has 0 aliphatic carbocycles. The molecule has 0 bridgehead atoms. The Morgan fingerprint density at radius 1 is 0.760 bits per heavy atom. The number of nitrogens with zero attached hydrogens (tertiary/aromatic N) is 7. The largest absolute Gasteiger partial charge is 0.357 e. The highest BCUT2D eigenvalue weighted by Gasteiger charge is 2.62. The third kappa shape index (κ3) is 2.44. The standard InChI is InChI=1S/C17H27N7P/c1-2-11-21(10-1)25(22-12-3-4-13-22,23-14-5-6-15-23)24-17-16(19-20-24)8-7-9-18-17/h7-9H,1-6,10-15H2/q+1. The molecule has 0 spiro atoms. The molecule has 5 heterocycles. The fraction of sp³-hybridized carbons (Fsp3) is 0.706. The predicted octanol–water partition coefficient (Wildman–Crippen LogP) is 2.64. The summed E-state index contributed by atoms with van der Waals surface area (Å²) in [5.41, 5.74) is 1.88. The summed E-state index contributed by atoms with van der Waals surface area (Å²) in [5, 5.41) is 9.23. The van der Waals surface area contributed by atoms with Crippen LogP contribution in [0.25, 0.3) is 11.2 Å². The molecular formula is C17H27N7P+. The average molecular weight is 360 g/mol. The maximum absolute atomic E-state index is 4.73. The van der Waals surface area contributed by atoms with Crippen molar-refractivity contribution in [3.63, 3.8) is 0 Å². The maximum Gasteiger partial charge on any atom is 0.357 e. The highest BCUT2D eigenvalue weighted by Crippen LogP contribution is 2.70. The van der Waals surface area contributed by atoms with Gasteiger partial charge in [0.05, 0.1) is 0 Å². The van der Waals surface area contributed by atoms with Gasteiger partial charge in [-0.25, -0.2) is 4.98 Å². The Hall–Kier alpha value is -1.14. The van der Waals surface area contributed by atoms with Crippen LogP contribution in [0, 0.1) is 0 Å². The van der Waals surface area contributed by atoms with Gasteiger partial charge in [0, 0.05) is 45.5 Å². The van der Waals surface area contributed by atoms with Crippen molar-refractivity contribution in [1.82, 2.24) is 33.8 Å². The molecule has 0 amide bonds. The lowest BCUT2D eigenvalue weighted by molar-refractivity contribution is 0.356. The van der Waals surface area contributed by atoms with E-state index in [-0.39, 0.29) is 0 Å². The minimum absolute atomic E-state index is 0.921. The number of hydrogen-bond acceptors (Lipinski definition) is 6. The van der Waals surface area contributed by atoms with Gasteiger partial charge in [0.15, 0.2) is 0 Å². The van der Waals surface area contributed by atoms with E-state index in [4.69, 9.17) is 10.2 Å². The minimum atomic E-state index is -1.91. The molecule has 0 radical (unpaired) electrons. The van der Waals surface area contributed by atoms with Gasteiger partial charge in [0.25, 0.3) is 0 Å². The molecule has 2 aromatic rings. The van der Waals surface area contributed by atoms with E-state index in [0.29, 0.717) is 0 Å². The molecule has 8 heteroatoms. The lowest BCUT2D eigenvalue weighted by Crippen LogP contribution is -2.46. The van der Waals surface area contributed by atoms with Gasteiger partial charge in [-0.15, -0.1) is 19.1 Å². The first-order valence-electron chi connectivity index (χ1n) is 9.73. The predicted molar refractivity (Wildman–Crippen MR) is 100 cm³/mol. The summed E-state index contributed by atoms with van der Waals surface area (Å²) in [6, 6.07) is 4.00. The van der Waals surface area contributed by atoms with Crippen molar-refractivity contribution in [3.8, 4) is 0 Å². The van der Waals surface area contributed by atoms with Crippen molar-refractivity contribution >= 4 is 19.0 Å². The Morgan fingerprint density at radius 2 is 1.28 bits per heavy atom. The van der Waals surface area contributed by atoms with E-state index in [1.54, 1.807) is 0 Å². The Balaban J connectivity index is 1.73. The Bertz CT molecular complexity index is 689. The lowest BCUT2D eigenvalue weighted by Gasteiger charge is -2.42. The smallest absolute Gasteiger partial charge is 0.232 e. The van der Waals surface area contributed by atoms with Crippen molar-refractivity contribution in [2.45, 2.75) is 38.5 Å². The van der Waals surface area contributed by atoms with Crippen LogP contribution in [0.1, 0.15) is 38.5 Å². The van der Waals surface area contributed by atoms with Crippen molar-refractivity contribution in [1.29, 1.82) is 0 Å². The molecule has 3 fully saturated rings. The first kappa shape index (κ1) is 16.1. The van der Waals surface area contributed by atoms with Gasteiger partial charge in [0.2, 0.25) is 5.65 Å². The van der Waals surface area contributed by atoms with Crippen LogP contribution in [0.3, 0.4) is 0 Å². The Kier molecular flexibility index (Phi) is 4.20. The zero-order chi connectivity index (χ0) is 16.7. The molecule has 0 aromatic carbocycles. The molecule has 0 atom stereocenters. The molecule has 0 saturated carbocycles. The second-order valence-corrected chi connectivity index (χ2v) is 10.5. The van der Waals surface area contributed by atoms with Crippen molar-refractivity contribution in [2.75, 3.05) is 39.3 Å². The maximum atomic E-state index is 4.73. The fourth-order valence-electron chi connectivity index (χ4n) is 4.74. The Morgan fingerprint density at radius 3 is 1.80 bits per heavy atom. The van der Waals surface area contributed by atoms with Crippen LogP contribution in [-0.4, -0.2) is 73.0 Å². The van der Waals surface area contributed by atoms with E-state index in [9.17, 15) is 0 Å². The van der Waals surface area contributed by atoms with Crippen LogP contribution in [0.2, 0.25) is 0 Å². The summed E-state index contributed by atoms with van der Waals surface area (Å²) in [7, 11) is -1.91. The molecule has 3 saturated heterocycles. The summed E-state index contributed by atoms with van der Waals surface area (Å²) in [4.78, 5) is 4.71. The first-order chi connectivity index (χ1) is 12.4. The molecule has 7 nitrogen and oxygen atoms in total. The van der Waals surface area contributed by atoms with Crippen LogP contribution in [0.5, 0.6) is 0 Å². The molecule has 134 valence electrons. The highest BCUT2D eigenvalue weighted by molar-refractivity contribution is 7.67. The average Bonchev–Trinajstić information content (AvgIpc) is 3.44. The molecule has 2 aromatic heterocycles. The second kappa shape index (κ2) is 6.54. The molecular weight excluding hydrogens is 333 g/mol. The van der Waals surface area contributed by atoms with Crippen LogP contribution in [0.4, 0.5) is 0 Å². The van der Waals surface area contributed by atoms with E-state index >= 15 is 0 Å². The third-order valence-electron chi connectivity index (χ3n) is 5.83. The van der Waals surface area contributed by atoms with E-state index in [1.165, 1.54) is 77.8 Å². The zero-order valence-corrected chi connectivity index (χ0v) is 15.7. The highest BCUT2D eigenvalue weighted by atomic mass is 31.2. The van der Waals surface area contributed by atoms with Gasteiger partial charge in [-0.3, -0.25) is 0 Å². The summed E-state index contributed by atoms with van der Waals surface area (Å²) in [5.74, 6) is 0. The number of aromatic nitrogens is 4. The lowest BCUT2D eigenvalue weighted by atomic mass is 10.4. The topological polar surface area (TPSA) is 53.3 Å². The molecule has 0 unspecified atom stereocenters. The monoisotopic (exact) mass is 360 g/mol. The quantitative estimate of drug-likeness (QED) is 0.782. The third-order valence-corrected chi connectivity index (χ3v) is 10.1. The first-order valence-corrected chi connectivity index (χ1v) is 11.3. The van der Waals surface area contributed by atoms with Gasteiger partial charge in [-0.05, 0) is 60.3 Å². The molecule has 3 aliphatic rings. The molecule has 5 rings (SSSR count). The van der Waals surface area contributed by atoms with E-state index < -0.39 is 7.87 Å². The van der Waals surface area contributed by atoms with Crippen molar-refractivity contribution in [2.24, 2.45) is 0 Å². The van der Waals surface area contributed by atoms with Gasteiger partial charge < -0.3 is 0 Å². The molecule has 3 aliphatic heterocycles. The summed E-state index contributed by atoms with van der Waals surface area (Å²) < 4.78 is 10.5. The second-order valence-electron chi connectivity index (χ2n) is 7.34. The summed E-state index contributed by atoms with van der Waals surface area (Å²) in [6.45, 7) is 7.05. The normalized spacial score (nSPS) is 24.0. The zero-order valence-electron chi connectivity index (χ0n) is 14.8. The minimum Gasteiger partial charge on any atom is -0.232 e. The van der Waals surface area contributed by atoms with Crippen LogP contribution < -0.4 is 0 Å². The van der Waals surface area contributed by atoms with E-state index in [2.05, 4.69) is 23.6 Å². The van der Waals surface area contributed by atoms with Gasteiger partial charge in [-0.1, -0.05) is 0 Å². The number of hydrogen-bond donors (Lipinski definition) is 0. The Labute approximate surface area is 149 Å². The van der Waals surface area contributed by atoms with Gasteiger partial charge >= 0.3 is 7.87 Å². The number of rotatable bonds is 4. The van der Waals surface area contributed by atoms with Crippen LogP contribution >= 0.6 is 7.87 Å². The SMILES string of the molecule is c1cnc2c(c1)nnn2[P+](N1CCCC1)(N1CCCC1)N1CCCC1. The fourth-order valence-corrected chi connectivity index (χ4v) is 9.54. The summed E-state index contributed by atoms with van der Waals surface area (Å²) in [6.07, 6.45) is 9.65. The number of fused-ring (bicyclic) bond motifs is 1. The van der Waals surface area contributed by atoms with Crippen LogP contribution in [0.15, 0.2) is 18.3 Å². The molecule has 0 N–H and O–H groups in total. The van der Waals surface area contributed by atoms with Crippen molar-refractivity contribution in [3.05, 3.63) is 18.3 Å².